The molecular formula is C29H33Cl2N3O2. The Hall–Kier alpha value is -2.31. The van der Waals surface area contributed by atoms with Gasteiger partial charge in [-0.15, -0.1) is 0 Å². The van der Waals surface area contributed by atoms with Gasteiger partial charge in [-0.2, -0.15) is 0 Å². The summed E-state index contributed by atoms with van der Waals surface area (Å²) < 4.78 is 0. The van der Waals surface area contributed by atoms with Crippen LogP contribution in [0.15, 0.2) is 54.7 Å². The molecule has 1 saturated carbocycles. The van der Waals surface area contributed by atoms with Crippen molar-refractivity contribution in [3.05, 3.63) is 75.9 Å². The smallest absolute Gasteiger partial charge is 0.244 e. The van der Waals surface area contributed by atoms with Crippen LogP contribution in [0, 0.1) is 5.92 Å². The van der Waals surface area contributed by atoms with Gasteiger partial charge in [0.1, 0.15) is 0 Å². The highest BCUT2D eigenvalue weighted by molar-refractivity contribution is 6.42. The zero-order valence-corrected chi connectivity index (χ0v) is 21.8. The molecule has 2 atom stereocenters. The number of aromatic amines is 1. The van der Waals surface area contributed by atoms with Crippen LogP contribution in [0.1, 0.15) is 49.1 Å². The minimum Gasteiger partial charge on any atom is -0.391 e. The largest absolute Gasteiger partial charge is 0.391 e. The first-order valence-electron chi connectivity index (χ1n) is 12.9. The van der Waals surface area contributed by atoms with E-state index in [1.165, 1.54) is 10.9 Å². The first-order valence-corrected chi connectivity index (χ1v) is 13.6. The number of likely N-dealkylation sites (tertiary alicyclic amines) is 1. The van der Waals surface area contributed by atoms with E-state index in [-0.39, 0.29) is 24.0 Å². The first kappa shape index (κ1) is 25.3. The van der Waals surface area contributed by atoms with Crippen molar-refractivity contribution in [1.29, 1.82) is 0 Å². The number of nitrogens with one attached hydrogen (secondary N) is 2. The fourth-order valence-electron chi connectivity index (χ4n) is 5.82. The Morgan fingerprint density at radius 1 is 1.08 bits per heavy atom. The SMILES string of the molecule is O=C(/C=C/c1ccc(Cl)c(Cl)c1)NC1CCC(CN2CC[C@H](c3c[nH]c4ccccc34)[C@@H](O)C2)CC1. The van der Waals surface area contributed by atoms with Gasteiger partial charge < -0.3 is 20.3 Å². The predicted octanol–water partition coefficient (Wildman–Crippen LogP) is 6.01. The second kappa shape index (κ2) is 11.4. The molecule has 36 heavy (non-hydrogen) atoms. The lowest BCUT2D eigenvalue weighted by Gasteiger charge is -2.39. The van der Waals surface area contributed by atoms with Gasteiger partial charge in [-0.1, -0.05) is 47.5 Å². The number of benzene rings is 2. The Balaban J connectivity index is 1.06. The number of para-hydroxylation sites is 1. The summed E-state index contributed by atoms with van der Waals surface area (Å²) >= 11 is 12.0. The molecule has 1 aliphatic carbocycles. The molecule has 7 heteroatoms. The molecule has 2 heterocycles. The molecular weight excluding hydrogens is 493 g/mol. The van der Waals surface area contributed by atoms with E-state index in [0.29, 0.717) is 16.0 Å². The van der Waals surface area contributed by atoms with Crippen LogP contribution in [0.3, 0.4) is 0 Å². The number of hydrogen-bond acceptors (Lipinski definition) is 3. The molecule has 190 valence electrons. The fraction of sp³-hybridized carbons (Fsp3) is 0.414. The van der Waals surface area contributed by atoms with E-state index in [1.807, 2.05) is 12.1 Å². The average molecular weight is 527 g/mol. The van der Waals surface area contributed by atoms with Crippen molar-refractivity contribution in [3.8, 4) is 0 Å². The maximum atomic E-state index is 12.4. The van der Waals surface area contributed by atoms with Gasteiger partial charge in [-0.05, 0) is 80.0 Å². The number of H-pyrrole nitrogens is 1. The fourth-order valence-corrected chi connectivity index (χ4v) is 6.12. The van der Waals surface area contributed by atoms with Crippen molar-refractivity contribution in [3.63, 3.8) is 0 Å². The number of amides is 1. The Bertz CT molecular complexity index is 1230. The molecule has 0 bridgehead atoms. The van der Waals surface area contributed by atoms with Crippen LogP contribution in [-0.4, -0.2) is 52.7 Å². The van der Waals surface area contributed by atoms with Crippen LogP contribution < -0.4 is 5.32 Å². The normalized spacial score (nSPS) is 25.4. The van der Waals surface area contributed by atoms with Gasteiger partial charge in [0.05, 0.1) is 16.1 Å². The molecule has 0 unspecified atom stereocenters. The van der Waals surface area contributed by atoms with Crippen molar-refractivity contribution in [2.45, 2.75) is 50.2 Å². The van der Waals surface area contributed by atoms with E-state index >= 15 is 0 Å². The molecule has 1 saturated heterocycles. The quantitative estimate of drug-likeness (QED) is 0.345. The average Bonchev–Trinajstić information content (AvgIpc) is 3.30. The number of aliphatic hydroxyl groups is 1. The maximum Gasteiger partial charge on any atom is 0.244 e. The van der Waals surface area contributed by atoms with Crippen LogP contribution in [0.2, 0.25) is 10.0 Å². The summed E-state index contributed by atoms with van der Waals surface area (Å²) in [6.07, 6.45) is 10.2. The molecule has 0 radical (unpaired) electrons. The molecule has 5 rings (SSSR count). The van der Waals surface area contributed by atoms with Gasteiger partial charge in [0.15, 0.2) is 0 Å². The van der Waals surface area contributed by atoms with Crippen LogP contribution in [0.5, 0.6) is 0 Å². The second-order valence-electron chi connectivity index (χ2n) is 10.2. The van der Waals surface area contributed by atoms with E-state index < -0.39 is 0 Å². The summed E-state index contributed by atoms with van der Waals surface area (Å²) in [4.78, 5) is 18.2. The van der Waals surface area contributed by atoms with Crippen molar-refractivity contribution in [2.75, 3.05) is 19.6 Å². The van der Waals surface area contributed by atoms with Crippen molar-refractivity contribution >= 4 is 46.1 Å². The number of halogens is 2. The summed E-state index contributed by atoms with van der Waals surface area (Å²) in [5, 5.41) is 16.3. The predicted molar refractivity (Wildman–Crippen MR) is 147 cm³/mol. The third-order valence-corrected chi connectivity index (χ3v) is 8.51. The molecule has 2 aromatic carbocycles. The monoisotopic (exact) mass is 525 g/mol. The Labute approximate surface area is 222 Å². The molecule has 2 fully saturated rings. The van der Waals surface area contributed by atoms with Crippen LogP contribution in [-0.2, 0) is 4.79 Å². The Kier molecular flexibility index (Phi) is 8.02. The number of piperidine rings is 1. The molecule has 1 aliphatic heterocycles. The minimum atomic E-state index is -0.351. The number of carbonyl (C=O) groups excluding carboxylic acids is 1. The van der Waals surface area contributed by atoms with E-state index in [2.05, 4.69) is 39.6 Å². The van der Waals surface area contributed by atoms with E-state index in [9.17, 15) is 9.90 Å². The summed E-state index contributed by atoms with van der Waals surface area (Å²) in [5.74, 6) is 0.717. The van der Waals surface area contributed by atoms with Crippen LogP contribution in [0.4, 0.5) is 0 Å². The second-order valence-corrected chi connectivity index (χ2v) is 11.1. The van der Waals surface area contributed by atoms with Crippen LogP contribution >= 0.6 is 23.2 Å². The van der Waals surface area contributed by atoms with Crippen molar-refractivity contribution < 1.29 is 9.90 Å². The Morgan fingerprint density at radius 3 is 2.67 bits per heavy atom. The van der Waals surface area contributed by atoms with E-state index in [4.69, 9.17) is 23.2 Å². The van der Waals surface area contributed by atoms with Gasteiger partial charge in [0.25, 0.3) is 0 Å². The summed E-state index contributed by atoms with van der Waals surface area (Å²) in [5.41, 5.74) is 3.22. The molecule has 0 spiro atoms. The van der Waals surface area contributed by atoms with E-state index in [1.54, 1.807) is 24.3 Å². The zero-order chi connectivity index (χ0) is 25.1. The number of aromatic nitrogens is 1. The third kappa shape index (κ3) is 5.97. The number of fused-ring (bicyclic) bond motifs is 1. The summed E-state index contributed by atoms with van der Waals surface area (Å²) in [6.45, 7) is 2.76. The van der Waals surface area contributed by atoms with Gasteiger partial charge in [-0.3, -0.25) is 4.79 Å². The topological polar surface area (TPSA) is 68.4 Å². The number of nitrogens with zero attached hydrogens (tertiary/aromatic N) is 1. The van der Waals surface area contributed by atoms with Gasteiger partial charge >= 0.3 is 0 Å². The Morgan fingerprint density at radius 2 is 1.89 bits per heavy atom. The third-order valence-electron chi connectivity index (χ3n) is 7.77. The highest BCUT2D eigenvalue weighted by Gasteiger charge is 2.32. The summed E-state index contributed by atoms with van der Waals surface area (Å²) in [6, 6.07) is 13.9. The minimum absolute atomic E-state index is 0.0769. The maximum absolute atomic E-state index is 12.4. The lowest BCUT2D eigenvalue weighted by atomic mass is 9.83. The molecule has 2 aliphatic rings. The zero-order valence-electron chi connectivity index (χ0n) is 20.3. The number of carbonyl (C=O) groups is 1. The van der Waals surface area contributed by atoms with Crippen molar-refractivity contribution in [2.24, 2.45) is 5.92 Å². The molecule has 3 N–H and O–H groups in total. The van der Waals surface area contributed by atoms with Gasteiger partial charge in [0.2, 0.25) is 5.91 Å². The van der Waals surface area contributed by atoms with Gasteiger partial charge in [0, 0.05) is 48.2 Å². The number of rotatable bonds is 6. The van der Waals surface area contributed by atoms with Gasteiger partial charge in [-0.25, -0.2) is 0 Å². The lowest BCUT2D eigenvalue weighted by Crippen LogP contribution is -2.45. The standard InChI is InChI=1S/C29H33Cl2N3O2/c30-25-11-7-19(15-26(25)31)8-12-29(36)33-21-9-5-20(6-10-21)17-34-14-13-23(28(35)18-34)24-16-32-27-4-2-1-3-22(24)27/h1-4,7-8,11-12,15-16,20-21,23,28,32,35H,5-6,9-10,13-14,17-18H2,(H,33,36)/b12-8+/t20?,21?,23-,28+/m1/s1. The number of β-amino-alcohol motifs (C(OH)–C–C–N with tert-alkyl or cyclic N) is 1. The van der Waals surface area contributed by atoms with Crippen molar-refractivity contribution in [1.82, 2.24) is 15.2 Å². The van der Waals surface area contributed by atoms with E-state index in [0.717, 1.165) is 62.8 Å². The molecule has 3 aromatic rings. The molecule has 1 amide bonds. The number of hydrogen-bond donors (Lipinski definition) is 3. The highest BCUT2D eigenvalue weighted by atomic mass is 35.5. The first-order chi connectivity index (χ1) is 17.5. The van der Waals surface area contributed by atoms with Crippen LogP contribution in [0.25, 0.3) is 17.0 Å². The summed E-state index contributed by atoms with van der Waals surface area (Å²) in [7, 11) is 0. The lowest BCUT2D eigenvalue weighted by molar-refractivity contribution is -0.117. The highest BCUT2D eigenvalue weighted by Crippen LogP contribution is 2.34. The number of aliphatic hydroxyl groups excluding tert-OH is 1. The molecule has 5 nitrogen and oxygen atoms in total. The molecule has 1 aromatic heterocycles.